The van der Waals surface area contributed by atoms with Crippen LogP contribution in [-0.4, -0.2) is 28.1 Å². The van der Waals surface area contributed by atoms with Crippen molar-refractivity contribution in [1.29, 1.82) is 0 Å². The summed E-state index contributed by atoms with van der Waals surface area (Å²) in [6, 6.07) is 0.500. The van der Waals surface area contributed by atoms with Gasteiger partial charge in [-0.3, -0.25) is 0 Å². The molecule has 0 radical (unpaired) electrons. The minimum absolute atomic E-state index is 0. The zero-order valence-corrected chi connectivity index (χ0v) is 6.21. The normalized spacial score (nSPS) is 17.6. The monoisotopic (exact) mass is 160 g/mol. The van der Waals surface area contributed by atoms with Crippen LogP contribution in [0.25, 0.3) is 0 Å². The zero-order valence-electron chi connectivity index (χ0n) is 5.40. The van der Waals surface area contributed by atoms with Gasteiger partial charge in [0, 0.05) is 13.1 Å². The molecular weight excluding hydrogens is 152 g/mol. The molecule has 1 aromatic heterocycles. The summed E-state index contributed by atoms with van der Waals surface area (Å²) in [6.07, 6.45) is 3.41. The Bertz CT molecular complexity index is 182. The molecule has 0 unspecified atom stereocenters. The van der Waals surface area contributed by atoms with Gasteiger partial charge in [-0.15, -0.1) is 12.4 Å². The highest BCUT2D eigenvalue weighted by Crippen LogP contribution is 2.05. The molecule has 10 heavy (non-hydrogen) atoms. The maximum atomic E-state index is 4.00. The van der Waals surface area contributed by atoms with Crippen molar-refractivity contribution in [3.63, 3.8) is 0 Å². The molecular formula is C5H9ClN4. The van der Waals surface area contributed by atoms with Gasteiger partial charge in [0.15, 0.2) is 0 Å². The number of nitrogens with zero attached hydrogens (tertiary/aromatic N) is 3. The summed E-state index contributed by atoms with van der Waals surface area (Å²) in [6.45, 7) is 2.02. The second-order valence-electron chi connectivity index (χ2n) is 2.16. The van der Waals surface area contributed by atoms with Crippen LogP contribution in [0.3, 0.4) is 0 Å². The van der Waals surface area contributed by atoms with Crippen LogP contribution in [-0.2, 0) is 0 Å². The summed E-state index contributed by atoms with van der Waals surface area (Å²) in [7, 11) is 0. The van der Waals surface area contributed by atoms with Crippen molar-refractivity contribution in [3.05, 3.63) is 12.4 Å². The highest BCUT2D eigenvalue weighted by atomic mass is 35.5. The van der Waals surface area contributed by atoms with E-state index in [2.05, 4.69) is 15.5 Å². The molecule has 0 saturated carbocycles. The number of rotatable bonds is 1. The summed E-state index contributed by atoms with van der Waals surface area (Å²) < 4.78 is 0. The van der Waals surface area contributed by atoms with Crippen molar-refractivity contribution in [1.82, 2.24) is 20.3 Å². The van der Waals surface area contributed by atoms with Gasteiger partial charge in [-0.2, -0.15) is 15.0 Å². The lowest BCUT2D eigenvalue weighted by atomic mass is 10.2. The third kappa shape index (κ3) is 1.12. The third-order valence-electron chi connectivity index (χ3n) is 1.52. The molecule has 1 saturated heterocycles. The maximum Gasteiger partial charge on any atom is 0.0964 e. The molecule has 0 spiro atoms. The lowest BCUT2D eigenvalue weighted by Gasteiger charge is -2.25. The van der Waals surface area contributed by atoms with Crippen molar-refractivity contribution in [2.75, 3.05) is 13.1 Å². The molecule has 1 aliphatic rings. The van der Waals surface area contributed by atoms with Gasteiger partial charge in [0.2, 0.25) is 0 Å². The summed E-state index contributed by atoms with van der Waals surface area (Å²) in [5.74, 6) is 0. The minimum atomic E-state index is 0. The molecule has 1 aromatic rings. The topological polar surface area (TPSA) is 42.7 Å². The van der Waals surface area contributed by atoms with Gasteiger partial charge in [0.25, 0.3) is 0 Å². The predicted octanol–water partition coefficient (Wildman–Crippen LogP) is -0.156. The van der Waals surface area contributed by atoms with E-state index in [9.17, 15) is 0 Å². The maximum absolute atomic E-state index is 4.00. The molecule has 2 heterocycles. The summed E-state index contributed by atoms with van der Waals surface area (Å²) >= 11 is 0. The van der Waals surface area contributed by atoms with Crippen LogP contribution >= 0.6 is 12.4 Å². The van der Waals surface area contributed by atoms with Gasteiger partial charge >= 0.3 is 0 Å². The molecule has 0 amide bonds. The van der Waals surface area contributed by atoms with E-state index in [1.54, 1.807) is 17.2 Å². The number of halogens is 1. The fourth-order valence-corrected chi connectivity index (χ4v) is 0.851. The third-order valence-corrected chi connectivity index (χ3v) is 1.52. The molecule has 1 N–H and O–H groups in total. The molecule has 0 aromatic carbocycles. The van der Waals surface area contributed by atoms with E-state index in [4.69, 9.17) is 0 Å². The lowest BCUT2D eigenvalue weighted by molar-refractivity contribution is 0.289. The van der Waals surface area contributed by atoms with E-state index >= 15 is 0 Å². The Morgan fingerprint density at radius 2 is 1.90 bits per heavy atom. The van der Waals surface area contributed by atoms with E-state index in [1.165, 1.54) is 0 Å². The number of hydrogen-bond acceptors (Lipinski definition) is 3. The molecule has 56 valence electrons. The van der Waals surface area contributed by atoms with Gasteiger partial charge < -0.3 is 5.32 Å². The Morgan fingerprint density at radius 1 is 1.30 bits per heavy atom. The predicted molar refractivity (Wildman–Crippen MR) is 39.2 cm³/mol. The van der Waals surface area contributed by atoms with E-state index in [1.807, 2.05) is 0 Å². The van der Waals surface area contributed by atoms with Crippen LogP contribution in [0.15, 0.2) is 12.4 Å². The smallest absolute Gasteiger partial charge is 0.0964 e. The molecule has 1 aliphatic heterocycles. The largest absolute Gasteiger partial charge is 0.312 e. The van der Waals surface area contributed by atoms with Crippen molar-refractivity contribution < 1.29 is 0 Å². The Balaban J connectivity index is 0.000000500. The van der Waals surface area contributed by atoms with Crippen molar-refractivity contribution in [2.45, 2.75) is 6.04 Å². The molecule has 0 atom stereocenters. The Labute approximate surface area is 65.0 Å². The fourth-order valence-electron chi connectivity index (χ4n) is 0.851. The van der Waals surface area contributed by atoms with Crippen molar-refractivity contribution in [3.8, 4) is 0 Å². The van der Waals surface area contributed by atoms with E-state index in [0.29, 0.717) is 6.04 Å². The highest BCUT2D eigenvalue weighted by molar-refractivity contribution is 5.85. The summed E-state index contributed by atoms with van der Waals surface area (Å²) in [5, 5.41) is 11.2. The minimum Gasteiger partial charge on any atom is -0.312 e. The first-order chi connectivity index (χ1) is 4.47. The first-order valence-corrected chi connectivity index (χ1v) is 3.03. The number of aromatic nitrogens is 3. The van der Waals surface area contributed by atoms with Gasteiger partial charge in [-0.25, -0.2) is 0 Å². The van der Waals surface area contributed by atoms with E-state index < -0.39 is 0 Å². The van der Waals surface area contributed by atoms with Gasteiger partial charge in [0.1, 0.15) is 0 Å². The van der Waals surface area contributed by atoms with Crippen LogP contribution in [0.2, 0.25) is 0 Å². The molecule has 1 fully saturated rings. The SMILES string of the molecule is Cl.c1cnn(C2CNC2)n1. The zero-order chi connectivity index (χ0) is 6.10. The Morgan fingerprint density at radius 3 is 2.30 bits per heavy atom. The Kier molecular flexibility index (Phi) is 2.24. The van der Waals surface area contributed by atoms with Gasteiger partial charge in [-0.1, -0.05) is 0 Å². The van der Waals surface area contributed by atoms with Crippen LogP contribution in [0.1, 0.15) is 6.04 Å². The first-order valence-electron chi connectivity index (χ1n) is 3.03. The van der Waals surface area contributed by atoms with Crippen LogP contribution in [0, 0.1) is 0 Å². The molecule has 5 heteroatoms. The lowest BCUT2D eigenvalue weighted by Crippen LogP contribution is -2.44. The molecule has 4 nitrogen and oxygen atoms in total. The quantitative estimate of drug-likeness (QED) is 0.621. The molecule has 2 rings (SSSR count). The average molecular weight is 161 g/mol. The number of hydrogen-bond donors (Lipinski definition) is 1. The van der Waals surface area contributed by atoms with Gasteiger partial charge in [-0.05, 0) is 0 Å². The molecule has 0 aliphatic carbocycles. The summed E-state index contributed by atoms with van der Waals surface area (Å²) in [4.78, 5) is 1.75. The Hall–Kier alpha value is -0.610. The van der Waals surface area contributed by atoms with Crippen molar-refractivity contribution >= 4 is 12.4 Å². The first kappa shape index (κ1) is 7.50. The van der Waals surface area contributed by atoms with Gasteiger partial charge in [0.05, 0.1) is 18.4 Å². The van der Waals surface area contributed by atoms with Crippen LogP contribution in [0.4, 0.5) is 0 Å². The highest BCUT2D eigenvalue weighted by Gasteiger charge is 2.19. The second-order valence-corrected chi connectivity index (χ2v) is 2.16. The van der Waals surface area contributed by atoms with E-state index in [-0.39, 0.29) is 12.4 Å². The fraction of sp³-hybridized carbons (Fsp3) is 0.600. The second kappa shape index (κ2) is 2.98. The summed E-state index contributed by atoms with van der Waals surface area (Å²) in [5.41, 5.74) is 0. The van der Waals surface area contributed by atoms with E-state index in [0.717, 1.165) is 13.1 Å². The standard InChI is InChI=1S/C5H8N4.ClH/c1-2-8-9(7-1)5-3-6-4-5;/h1-2,5-6H,3-4H2;1H. The van der Waals surface area contributed by atoms with Crippen LogP contribution in [0.5, 0.6) is 0 Å². The van der Waals surface area contributed by atoms with Crippen molar-refractivity contribution in [2.24, 2.45) is 0 Å². The molecule has 0 bridgehead atoms. The van der Waals surface area contributed by atoms with Crippen LogP contribution < -0.4 is 5.32 Å². The number of nitrogens with one attached hydrogen (secondary N) is 1. The average Bonchev–Trinajstić information content (AvgIpc) is 2.11.